The lowest BCUT2D eigenvalue weighted by Gasteiger charge is -2.25. The monoisotopic (exact) mass is 563 g/mol. The second kappa shape index (κ2) is 17.2. The van der Waals surface area contributed by atoms with Crippen molar-refractivity contribution in [2.24, 2.45) is 0 Å². The third-order valence-electron chi connectivity index (χ3n) is 7.46. The number of carbonyl (C=O) groups excluding carboxylic acids is 1. The van der Waals surface area contributed by atoms with Gasteiger partial charge in [-0.3, -0.25) is 4.79 Å². The number of ether oxygens (including phenoxy) is 1. The van der Waals surface area contributed by atoms with Crippen LogP contribution in [0.15, 0.2) is 59.6 Å². The Kier molecular flexibility index (Phi) is 13.7. The average molecular weight is 564 g/mol. The van der Waals surface area contributed by atoms with Gasteiger partial charge in [0.2, 0.25) is 5.51 Å². The Balaban J connectivity index is 1.54. The summed E-state index contributed by atoms with van der Waals surface area (Å²) in [6.45, 7) is 10.1. The molecular weight excluding hydrogens is 512 g/mol. The van der Waals surface area contributed by atoms with Crippen LogP contribution >= 0.6 is 11.3 Å². The lowest BCUT2D eigenvalue weighted by atomic mass is 9.85. The minimum Gasteiger partial charge on any atom is -0.492 e. The molecule has 0 aliphatic heterocycles. The summed E-state index contributed by atoms with van der Waals surface area (Å²) in [7, 11) is 0. The first-order valence-electron chi connectivity index (χ1n) is 15.5. The number of unbranched alkanes of at least 4 members (excludes halogenated alkanes) is 11. The van der Waals surface area contributed by atoms with Gasteiger partial charge in [0.15, 0.2) is 12.7 Å². The maximum absolute atomic E-state index is 13.6. The van der Waals surface area contributed by atoms with Crippen molar-refractivity contribution in [3.63, 3.8) is 0 Å². The molecule has 3 rings (SSSR count). The van der Waals surface area contributed by atoms with Gasteiger partial charge in [-0.25, -0.2) is 0 Å². The molecule has 5 heteroatoms. The van der Waals surface area contributed by atoms with Gasteiger partial charge in [0.05, 0.1) is 23.2 Å². The van der Waals surface area contributed by atoms with Crippen molar-refractivity contribution in [1.82, 2.24) is 0 Å². The molecule has 1 heterocycles. The fourth-order valence-corrected chi connectivity index (χ4v) is 5.70. The first kappa shape index (κ1) is 31.9. The number of carbonyl (C=O) groups is 1. The zero-order chi connectivity index (χ0) is 28.6. The Morgan fingerprint density at radius 3 is 2.12 bits per heavy atom. The van der Waals surface area contributed by atoms with Crippen molar-refractivity contribution < 1.29 is 14.1 Å². The van der Waals surface area contributed by atoms with E-state index in [1.54, 1.807) is 11.3 Å². The summed E-state index contributed by atoms with van der Waals surface area (Å²) in [5, 5.41) is 5.23. The largest absolute Gasteiger partial charge is 0.492 e. The van der Waals surface area contributed by atoms with E-state index in [4.69, 9.17) is 4.74 Å². The molecule has 3 aromatic rings. The second-order valence-electron chi connectivity index (χ2n) is 12.0. The van der Waals surface area contributed by atoms with E-state index in [2.05, 4.69) is 66.8 Å². The highest BCUT2D eigenvalue weighted by Crippen LogP contribution is 2.35. The number of benzene rings is 2. The number of nitrogens with zero attached hydrogens (tertiary/aromatic N) is 1. The number of aromatic nitrogens is 1. The van der Waals surface area contributed by atoms with Crippen molar-refractivity contribution in [3.8, 4) is 5.75 Å². The summed E-state index contributed by atoms with van der Waals surface area (Å²) in [6, 6.07) is 14.0. The van der Waals surface area contributed by atoms with Crippen LogP contribution in [0.2, 0.25) is 0 Å². The van der Waals surface area contributed by atoms with Crippen LogP contribution in [0.5, 0.6) is 5.75 Å². The number of para-hydroxylation sites is 2. The number of thiazole rings is 1. The minimum absolute atomic E-state index is 0.126. The number of hydrogen-bond donors (Lipinski definition) is 1. The van der Waals surface area contributed by atoms with E-state index >= 15 is 0 Å². The van der Waals surface area contributed by atoms with Gasteiger partial charge in [-0.05, 0) is 24.0 Å². The molecule has 0 bridgehead atoms. The molecule has 218 valence electrons. The van der Waals surface area contributed by atoms with Crippen LogP contribution < -0.4 is 14.6 Å². The van der Waals surface area contributed by atoms with Crippen molar-refractivity contribution in [2.45, 2.75) is 117 Å². The lowest BCUT2D eigenvalue weighted by molar-refractivity contribution is -0.683. The van der Waals surface area contributed by atoms with E-state index < -0.39 is 0 Å². The van der Waals surface area contributed by atoms with Gasteiger partial charge in [-0.15, -0.1) is 0 Å². The molecule has 1 amide bonds. The van der Waals surface area contributed by atoms with Crippen LogP contribution in [-0.2, 0) is 12.0 Å². The summed E-state index contributed by atoms with van der Waals surface area (Å²) in [5.74, 6) is 0.596. The van der Waals surface area contributed by atoms with Crippen molar-refractivity contribution >= 4 is 22.9 Å². The summed E-state index contributed by atoms with van der Waals surface area (Å²) in [6.07, 6.45) is 17.8. The predicted molar refractivity (Wildman–Crippen MR) is 170 cm³/mol. The molecule has 0 unspecified atom stereocenters. The molecule has 1 aromatic heterocycles. The van der Waals surface area contributed by atoms with Crippen molar-refractivity contribution in [2.75, 3.05) is 11.9 Å². The SMILES string of the molecule is CCCCCCCCCCCCCCOc1c(C(=O)Nc2ccccc2C[n+]2ccsc2)cccc1C(C)(C)C. The first-order chi connectivity index (χ1) is 19.4. The topological polar surface area (TPSA) is 42.2 Å². The Morgan fingerprint density at radius 1 is 0.850 bits per heavy atom. The highest BCUT2D eigenvalue weighted by atomic mass is 32.1. The Hall–Kier alpha value is -2.66. The Bertz CT molecular complexity index is 1130. The van der Waals surface area contributed by atoms with E-state index in [0.717, 1.165) is 29.0 Å². The second-order valence-corrected chi connectivity index (χ2v) is 12.7. The fraction of sp³-hybridized carbons (Fsp3) is 0.543. The van der Waals surface area contributed by atoms with Gasteiger partial charge in [0, 0.05) is 11.1 Å². The molecule has 2 aromatic carbocycles. The van der Waals surface area contributed by atoms with Crippen LogP contribution in [0.25, 0.3) is 0 Å². The average Bonchev–Trinajstić information content (AvgIpc) is 3.45. The van der Waals surface area contributed by atoms with E-state index in [1.807, 2.05) is 30.3 Å². The molecule has 0 aliphatic carbocycles. The summed E-state index contributed by atoms with van der Waals surface area (Å²) in [5.41, 5.74) is 5.53. The number of amides is 1. The van der Waals surface area contributed by atoms with Gasteiger partial charge < -0.3 is 10.1 Å². The molecule has 0 spiro atoms. The number of nitrogens with one attached hydrogen (secondary N) is 1. The number of anilines is 1. The Morgan fingerprint density at radius 2 is 1.50 bits per heavy atom. The standard InChI is InChI=1S/C35H50N2O2S/c1-5-6-7-8-9-10-11-12-13-14-15-18-25-39-33-30(21-19-22-31(33)35(2,3)4)34(38)36-32-23-17-16-20-29(32)27-37-24-26-40-28-37/h16-17,19-24,26,28H,5-15,18,25,27H2,1-4H3/p+1. The molecule has 1 N–H and O–H groups in total. The summed E-state index contributed by atoms with van der Waals surface area (Å²) in [4.78, 5) is 13.6. The van der Waals surface area contributed by atoms with Crippen LogP contribution in [0.4, 0.5) is 5.69 Å². The highest BCUT2D eigenvalue weighted by molar-refractivity contribution is 7.07. The molecule has 0 saturated heterocycles. The van der Waals surface area contributed by atoms with Gasteiger partial charge in [0.25, 0.3) is 5.91 Å². The van der Waals surface area contributed by atoms with Crippen molar-refractivity contribution in [1.29, 1.82) is 0 Å². The molecule has 0 fully saturated rings. The molecular formula is C35H51N2O2S+. The molecule has 0 aliphatic rings. The van der Waals surface area contributed by atoms with Gasteiger partial charge in [0.1, 0.15) is 5.75 Å². The van der Waals surface area contributed by atoms with Crippen LogP contribution in [0.3, 0.4) is 0 Å². The quantitative estimate of drug-likeness (QED) is 0.124. The molecule has 0 radical (unpaired) electrons. The van der Waals surface area contributed by atoms with Crippen LogP contribution in [-0.4, -0.2) is 12.5 Å². The van der Waals surface area contributed by atoms with E-state index in [9.17, 15) is 4.79 Å². The molecule has 0 atom stereocenters. The maximum atomic E-state index is 13.6. The van der Waals surface area contributed by atoms with E-state index in [-0.39, 0.29) is 11.3 Å². The summed E-state index contributed by atoms with van der Waals surface area (Å²) >= 11 is 1.66. The smallest absolute Gasteiger partial charge is 0.259 e. The first-order valence-corrected chi connectivity index (χ1v) is 16.4. The number of hydrogen-bond acceptors (Lipinski definition) is 3. The zero-order valence-corrected chi connectivity index (χ0v) is 26.2. The van der Waals surface area contributed by atoms with Gasteiger partial charge >= 0.3 is 0 Å². The predicted octanol–water partition coefficient (Wildman–Crippen LogP) is 9.71. The van der Waals surface area contributed by atoms with Gasteiger partial charge in [-0.2, -0.15) is 4.57 Å². The highest BCUT2D eigenvalue weighted by Gasteiger charge is 2.24. The zero-order valence-electron chi connectivity index (χ0n) is 25.3. The van der Waals surface area contributed by atoms with E-state index in [1.165, 1.54) is 70.6 Å². The number of rotatable bonds is 18. The third-order valence-corrected chi connectivity index (χ3v) is 8.13. The molecule has 4 nitrogen and oxygen atoms in total. The summed E-state index contributed by atoms with van der Waals surface area (Å²) < 4.78 is 8.52. The van der Waals surface area contributed by atoms with Crippen LogP contribution in [0.1, 0.15) is 126 Å². The molecule has 0 saturated carbocycles. The molecule has 40 heavy (non-hydrogen) atoms. The van der Waals surface area contributed by atoms with Gasteiger partial charge in [-0.1, -0.05) is 140 Å². The third kappa shape index (κ3) is 10.7. The van der Waals surface area contributed by atoms with E-state index in [0.29, 0.717) is 18.7 Å². The van der Waals surface area contributed by atoms with Crippen LogP contribution in [0, 0.1) is 0 Å². The normalized spacial score (nSPS) is 11.5. The minimum atomic E-state index is -0.129. The lowest BCUT2D eigenvalue weighted by Crippen LogP contribution is -2.31. The maximum Gasteiger partial charge on any atom is 0.259 e. The Labute approximate surface area is 247 Å². The van der Waals surface area contributed by atoms with Crippen molar-refractivity contribution in [3.05, 3.63) is 76.2 Å². The fourth-order valence-electron chi connectivity index (χ4n) is 5.10.